The molecule has 2 atom stereocenters. The van der Waals surface area contributed by atoms with Crippen molar-refractivity contribution in [3.63, 3.8) is 0 Å². The van der Waals surface area contributed by atoms with E-state index in [1.807, 2.05) is 24.3 Å². The zero-order valence-corrected chi connectivity index (χ0v) is 24.1. The normalized spacial score (nSPS) is 12.8. The van der Waals surface area contributed by atoms with Crippen molar-refractivity contribution < 1.29 is 24.2 Å². The molecule has 0 bridgehead atoms. The fourth-order valence-electron chi connectivity index (χ4n) is 4.10. The van der Waals surface area contributed by atoms with Crippen molar-refractivity contribution in [1.29, 1.82) is 0 Å². The van der Waals surface area contributed by atoms with E-state index in [0.29, 0.717) is 25.1 Å². The number of hydrogen-bond acceptors (Lipinski definition) is 5. The molecule has 1 aromatic rings. The summed E-state index contributed by atoms with van der Waals surface area (Å²) in [7, 11) is 0. The third kappa shape index (κ3) is 12.1. The number of carbonyl (C=O) groups excluding carboxylic acids is 3. The van der Waals surface area contributed by atoms with Crippen LogP contribution in [0.2, 0.25) is 0 Å². The van der Waals surface area contributed by atoms with E-state index in [0.717, 1.165) is 50.5 Å². The van der Waals surface area contributed by atoms with Gasteiger partial charge in [-0.25, -0.2) is 4.79 Å². The Hall–Kier alpha value is -2.87. The maximum absolute atomic E-state index is 13.8. The van der Waals surface area contributed by atoms with Gasteiger partial charge in [0.25, 0.3) is 0 Å². The van der Waals surface area contributed by atoms with E-state index in [4.69, 9.17) is 4.74 Å². The molecule has 0 aliphatic rings. The molecule has 0 aliphatic heterocycles. The zero-order valence-electron chi connectivity index (χ0n) is 24.1. The molecule has 8 nitrogen and oxygen atoms in total. The first-order valence-corrected chi connectivity index (χ1v) is 14.0. The largest absolute Gasteiger partial charge is 0.444 e. The van der Waals surface area contributed by atoms with Crippen LogP contribution in [-0.2, 0) is 14.3 Å². The predicted octanol–water partition coefficient (Wildman–Crippen LogP) is 5.36. The number of ether oxygens (including phenoxy) is 1. The fraction of sp³-hybridized carbons (Fsp3) is 0.633. The number of benzene rings is 1. The minimum Gasteiger partial charge on any atom is -0.444 e. The van der Waals surface area contributed by atoms with E-state index >= 15 is 0 Å². The van der Waals surface area contributed by atoms with Crippen molar-refractivity contribution in [2.45, 2.75) is 104 Å². The van der Waals surface area contributed by atoms with E-state index in [-0.39, 0.29) is 5.91 Å². The average Bonchev–Trinajstić information content (AvgIpc) is 2.87. The van der Waals surface area contributed by atoms with Gasteiger partial charge in [-0.1, -0.05) is 83.2 Å². The summed E-state index contributed by atoms with van der Waals surface area (Å²) in [5.74, 6) is -0.829. The lowest BCUT2D eigenvalue weighted by atomic mass is 9.99. The molecule has 0 radical (unpaired) electrons. The summed E-state index contributed by atoms with van der Waals surface area (Å²) in [6.07, 6.45) is 8.54. The van der Waals surface area contributed by atoms with Gasteiger partial charge in [0.15, 0.2) is 0 Å². The van der Waals surface area contributed by atoms with Gasteiger partial charge in [0.1, 0.15) is 17.7 Å². The molecular formula is C30H49N3O5. The van der Waals surface area contributed by atoms with Crippen molar-refractivity contribution >= 4 is 24.0 Å². The van der Waals surface area contributed by atoms with Crippen LogP contribution in [0.25, 0.3) is 6.08 Å². The zero-order chi connectivity index (χ0) is 28.6. The van der Waals surface area contributed by atoms with Gasteiger partial charge in [-0.15, -0.1) is 0 Å². The molecule has 38 heavy (non-hydrogen) atoms. The highest BCUT2D eigenvalue weighted by atomic mass is 16.6. The number of nitrogens with zero attached hydrogens (tertiary/aromatic N) is 1. The summed E-state index contributed by atoms with van der Waals surface area (Å²) in [5.41, 5.74) is 0.705. The Labute approximate surface area is 229 Å². The smallest absolute Gasteiger partial charge is 0.408 e. The molecule has 0 spiro atoms. The van der Waals surface area contributed by atoms with Crippen LogP contribution in [0.1, 0.15) is 103 Å². The SMILES string of the molecule is C=Cc1cccc(C(C(=O)NCCCCC)N(CCCCCCC)C(=O)C(CO)NC(=O)OC(C)(C)C)c1. The predicted molar refractivity (Wildman–Crippen MR) is 153 cm³/mol. The van der Waals surface area contributed by atoms with E-state index < -0.39 is 36.3 Å². The number of carbonyl (C=O) groups is 3. The van der Waals surface area contributed by atoms with Gasteiger partial charge >= 0.3 is 6.09 Å². The molecular weight excluding hydrogens is 482 g/mol. The van der Waals surface area contributed by atoms with E-state index in [2.05, 4.69) is 31.1 Å². The Kier molecular flexibility index (Phi) is 15.4. The molecule has 0 saturated carbocycles. The number of hydrogen-bond donors (Lipinski definition) is 3. The lowest BCUT2D eigenvalue weighted by molar-refractivity contribution is -0.143. The summed E-state index contributed by atoms with van der Waals surface area (Å²) < 4.78 is 5.30. The van der Waals surface area contributed by atoms with Gasteiger partial charge in [0.05, 0.1) is 6.61 Å². The molecule has 0 aromatic heterocycles. The van der Waals surface area contributed by atoms with E-state index in [9.17, 15) is 19.5 Å². The first-order chi connectivity index (χ1) is 18.1. The number of nitrogens with one attached hydrogen (secondary N) is 2. The summed E-state index contributed by atoms with van der Waals surface area (Å²) in [4.78, 5) is 41.4. The number of rotatable bonds is 17. The van der Waals surface area contributed by atoms with Crippen LogP contribution < -0.4 is 10.6 Å². The summed E-state index contributed by atoms with van der Waals surface area (Å²) in [6, 6.07) is 5.19. The second-order valence-corrected chi connectivity index (χ2v) is 10.6. The molecule has 0 fully saturated rings. The summed E-state index contributed by atoms with van der Waals surface area (Å²) in [5, 5.41) is 15.6. The standard InChI is InChI=1S/C30H49N3O5/c1-7-10-12-13-15-20-33(28(36)25(22-34)32-29(37)38-30(4,5)6)26(27(35)31-19-14-11-8-2)24-18-16-17-23(9-3)21-24/h9,16-18,21,25-26,34H,3,7-8,10-15,19-20,22H2,1-2,4-6H3,(H,31,35)(H,32,37). The van der Waals surface area contributed by atoms with Crippen LogP contribution in [0.5, 0.6) is 0 Å². The van der Waals surface area contributed by atoms with Gasteiger partial charge in [-0.2, -0.15) is 0 Å². The molecule has 1 aromatic carbocycles. The monoisotopic (exact) mass is 531 g/mol. The average molecular weight is 532 g/mol. The second kappa shape index (κ2) is 17.6. The van der Waals surface area contributed by atoms with Crippen LogP contribution in [-0.4, -0.2) is 59.3 Å². The van der Waals surface area contributed by atoms with Crippen LogP contribution in [0.15, 0.2) is 30.8 Å². The number of amides is 3. The van der Waals surface area contributed by atoms with Gasteiger partial charge in [0.2, 0.25) is 11.8 Å². The Morgan fingerprint density at radius 1 is 1.05 bits per heavy atom. The number of aliphatic hydroxyl groups excluding tert-OH is 1. The van der Waals surface area contributed by atoms with E-state index in [1.165, 1.54) is 4.90 Å². The van der Waals surface area contributed by atoms with Crippen LogP contribution in [0.3, 0.4) is 0 Å². The molecule has 214 valence electrons. The summed E-state index contributed by atoms with van der Waals surface area (Å²) >= 11 is 0. The second-order valence-electron chi connectivity index (χ2n) is 10.6. The minimum atomic E-state index is -1.25. The fourth-order valence-corrected chi connectivity index (χ4v) is 4.10. The Morgan fingerprint density at radius 2 is 1.71 bits per heavy atom. The Bertz CT molecular complexity index is 881. The highest BCUT2D eigenvalue weighted by Gasteiger charge is 2.35. The number of aliphatic hydroxyl groups is 1. The van der Waals surface area contributed by atoms with Crippen molar-refractivity contribution in [1.82, 2.24) is 15.5 Å². The van der Waals surface area contributed by atoms with Crippen molar-refractivity contribution in [2.75, 3.05) is 19.7 Å². The third-order valence-electron chi connectivity index (χ3n) is 6.06. The Balaban J connectivity index is 3.36. The molecule has 0 saturated heterocycles. The molecule has 1 rings (SSSR count). The van der Waals surface area contributed by atoms with Crippen molar-refractivity contribution in [3.05, 3.63) is 42.0 Å². The maximum Gasteiger partial charge on any atom is 0.408 e. The first-order valence-electron chi connectivity index (χ1n) is 14.0. The van der Waals surface area contributed by atoms with Gasteiger partial charge in [-0.05, 0) is 50.8 Å². The quantitative estimate of drug-likeness (QED) is 0.235. The molecule has 3 N–H and O–H groups in total. The van der Waals surface area contributed by atoms with Crippen molar-refractivity contribution in [3.8, 4) is 0 Å². The topological polar surface area (TPSA) is 108 Å². The van der Waals surface area contributed by atoms with Crippen LogP contribution in [0.4, 0.5) is 4.79 Å². The molecule has 3 amide bonds. The van der Waals surface area contributed by atoms with Gasteiger partial charge in [-0.3, -0.25) is 9.59 Å². The third-order valence-corrected chi connectivity index (χ3v) is 6.06. The molecule has 2 unspecified atom stereocenters. The minimum absolute atomic E-state index is 0.293. The van der Waals surface area contributed by atoms with E-state index in [1.54, 1.807) is 26.8 Å². The maximum atomic E-state index is 13.8. The lowest BCUT2D eigenvalue weighted by Crippen LogP contribution is -2.54. The first kappa shape index (κ1) is 33.2. The van der Waals surface area contributed by atoms with Gasteiger partial charge < -0.3 is 25.4 Å². The van der Waals surface area contributed by atoms with Crippen molar-refractivity contribution in [2.24, 2.45) is 0 Å². The molecule has 0 aliphatic carbocycles. The number of unbranched alkanes of at least 4 members (excludes halogenated alkanes) is 6. The molecule has 0 heterocycles. The molecule has 8 heteroatoms. The summed E-state index contributed by atoms with van der Waals surface area (Å²) in [6.45, 7) is 13.4. The Morgan fingerprint density at radius 3 is 2.32 bits per heavy atom. The van der Waals surface area contributed by atoms with Crippen LogP contribution in [0, 0.1) is 0 Å². The highest BCUT2D eigenvalue weighted by molar-refractivity contribution is 5.92. The van der Waals surface area contributed by atoms with Crippen LogP contribution >= 0.6 is 0 Å². The number of alkyl carbamates (subject to hydrolysis) is 1. The van der Waals surface area contributed by atoms with Gasteiger partial charge in [0, 0.05) is 13.1 Å². The lowest BCUT2D eigenvalue weighted by Gasteiger charge is -2.34. The highest BCUT2D eigenvalue weighted by Crippen LogP contribution is 2.25.